The Labute approximate surface area is 190 Å². The van der Waals surface area contributed by atoms with E-state index in [2.05, 4.69) is 106 Å². The summed E-state index contributed by atoms with van der Waals surface area (Å²) in [6.07, 6.45) is 3.97. The molecule has 2 atom stereocenters. The fourth-order valence-corrected chi connectivity index (χ4v) is 4.39. The van der Waals surface area contributed by atoms with Gasteiger partial charge < -0.3 is 24.6 Å². The number of hydrogen-bond acceptors (Lipinski definition) is 4. The molecule has 31 heavy (non-hydrogen) atoms. The molecule has 162 valence electrons. The molecule has 0 unspecified atom stereocenters. The quantitative estimate of drug-likeness (QED) is 0.574. The number of nitrogens with one attached hydrogen (secondary N) is 1. The van der Waals surface area contributed by atoms with Gasteiger partial charge in [-0.25, -0.2) is 0 Å². The van der Waals surface area contributed by atoms with E-state index in [0.29, 0.717) is 0 Å². The molecule has 7 heteroatoms. The molecule has 0 bridgehead atoms. The average Bonchev–Trinajstić information content (AvgIpc) is 3.37. The third-order valence-electron chi connectivity index (χ3n) is 5.71. The van der Waals surface area contributed by atoms with E-state index in [9.17, 15) is 0 Å². The monoisotopic (exact) mass is 434 g/mol. The molecule has 0 saturated carbocycles. The second-order valence-electron chi connectivity index (χ2n) is 8.34. The molecule has 4 rings (SSSR count). The standard InChI is InChI=1S/C24H30N6S/c1-27(2)16-17-30-23(22(26-24(30)31)20-8-5-6-14-25-20)21-9-7-15-29(21)19-12-10-18(11-13-19)28(3)4/h5-15,22-23H,16-17H2,1-4H3,(H,26,31)/t22-,23+/m0/s1. The van der Waals surface area contributed by atoms with Crippen LogP contribution in [0.3, 0.4) is 0 Å². The Hall–Kier alpha value is -2.90. The molecule has 3 aromatic rings. The Balaban J connectivity index is 1.74. The van der Waals surface area contributed by atoms with E-state index in [4.69, 9.17) is 12.2 Å². The van der Waals surface area contributed by atoms with Crippen LogP contribution in [0.25, 0.3) is 5.69 Å². The maximum atomic E-state index is 5.78. The van der Waals surface area contributed by atoms with Crippen LogP contribution in [0, 0.1) is 0 Å². The van der Waals surface area contributed by atoms with Crippen molar-refractivity contribution in [3.63, 3.8) is 0 Å². The number of hydrogen-bond donors (Lipinski definition) is 1. The highest BCUT2D eigenvalue weighted by molar-refractivity contribution is 7.80. The minimum atomic E-state index is -0.00874. The molecule has 1 aromatic carbocycles. The molecule has 2 aromatic heterocycles. The first-order chi connectivity index (χ1) is 15.0. The molecule has 1 saturated heterocycles. The molecule has 0 aliphatic carbocycles. The summed E-state index contributed by atoms with van der Waals surface area (Å²) in [6, 6.07) is 19.0. The SMILES string of the molecule is CN(C)CCN1C(=S)N[C@@H](c2ccccn2)[C@H]1c1cccn1-c1ccc(N(C)C)cc1. The van der Waals surface area contributed by atoms with Crippen LogP contribution in [-0.2, 0) is 0 Å². The summed E-state index contributed by atoms with van der Waals surface area (Å²) >= 11 is 5.78. The van der Waals surface area contributed by atoms with Crippen molar-refractivity contribution in [3.05, 3.63) is 78.4 Å². The van der Waals surface area contributed by atoms with Gasteiger partial charge in [-0.2, -0.15) is 0 Å². The van der Waals surface area contributed by atoms with Crippen molar-refractivity contribution in [1.82, 2.24) is 24.7 Å². The van der Waals surface area contributed by atoms with Gasteiger partial charge >= 0.3 is 0 Å². The van der Waals surface area contributed by atoms with Crippen molar-refractivity contribution in [2.75, 3.05) is 46.2 Å². The van der Waals surface area contributed by atoms with Crippen molar-refractivity contribution >= 4 is 23.0 Å². The van der Waals surface area contributed by atoms with Crippen LogP contribution in [0.5, 0.6) is 0 Å². The molecule has 1 fully saturated rings. The van der Waals surface area contributed by atoms with E-state index in [1.807, 2.05) is 18.3 Å². The number of pyridine rings is 1. The Kier molecular flexibility index (Phi) is 6.25. The maximum absolute atomic E-state index is 5.78. The number of benzene rings is 1. The van der Waals surface area contributed by atoms with Gasteiger partial charge in [0.1, 0.15) is 0 Å². The number of rotatable bonds is 7. The first kappa shape index (κ1) is 21.3. The smallest absolute Gasteiger partial charge is 0.170 e. The number of aromatic nitrogens is 2. The van der Waals surface area contributed by atoms with E-state index in [-0.39, 0.29) is 12.1 Å². The summed E-state index contributed by atoms with van der Waals surface area (Å²) in [4.78, 5) is 11.2. The lowest BCUT2D eigenvalue weighted by Crippen LogP contribution is -2.36. The van der Waals surface area contributed by atoms with Crippen molar-refractivity contribution in [2.45, 2.75) is 12.1 Å². The van der Waals surface area contributed by atoms with E-state index < -0.39 is 0 Å². The van der Waals surface area contributed by atoms with E-state index in [1.165, 1.54) is 11.4 Å². The van der Waals surface area contributed by atoms with Crippen molar-refractivity contribution in [1.29, 1.82) is 0 Å². The predicted molar refractivity (Wildman–Crippen MR) is 131 cm³/mol. The topological polar surface area (TPSA) is 39.6 Å². The zero-order valence-corrected chi connectivity index (χ0v) is 19.4. The Morgan fingerprint density at radius 2 is 1.77 bits per heavy atom. The summed E-state index contributed by atoms with van der Waals surface area (Å²) in [5.41, 5.74) is 4.51. The molecule has 0 radical (unpaired) electrons. The summed E-state index contributed by atoms with van der Waals surface area (Å²) in [5, 5.41) is 4.32. The fourth-order valence-electron chi connectivity index (χ4n) is 4.06. The molecular formula is C24H30N6S. The number of anilines is 1. The van der Waals surface area contributed by atoms with Gasteiger partial charge in [-0.3, -0.25) is 4.98 Å². The maximum Gasteiger partial charge on any atom is 0.170 e. The lowest BCUT2D eigenvalue weighted by molar-refractivity contribution is 0.272. The highest BCUT2D eigenvalue weighted by Gasteiger charge is 2.41. The summed E-state index contributed by atoms with van der Waals surface area (Å²) < 4.78 is 2.26. The zero-order valence-electron chi connectivity index (χ0n) is 18.6. The molecular weight excluding hydrogens is 404 g/mol. The minimum absolute atomic E-state index is 0.00874. The van der Waals surface area contributed by atoms with Crippen LogP contribution in [0.4, 0.5) is 5.69 Å². The van der Waals surface area contributed by atoms with Crippen LogP contribution in [0.15, 0.2) is 67.0 Å². The van der Waals surface area contributed by atoms with Gasteiger partial charge in [0.05, 0.1) is 17.8 Å². The van der Waals surface area contributed by atoms with Crippen LogP contribution in [-0.4, -0.2) is 65.7 Å². The van der Waals surface area contributed by atoms with Crippen molar-refractivity contribution in [3.8, 4) is 5.69 Å². The van der Waals surface area contributed by atoms with E-state index in [0.717, 1.165) is 29.6 Å². The van der Waals surface area contributed by atoms with Crippen LogP contribution in [0.2, 0.25) is 0 Å². The molecule has 0 amide bonds. The van der Waals surface area contributed by atoms with E-state index in [1.54, 1.807) is 0 Å². The molecule has 1 aliphatic heterocycles. The third-order valence-corrected chi connectivity index (χ3v) is 6.07. The summed E-state index contributed by atoms with van der Waals surface area (Å²) in [6.45, 7) is 1.77. The molecule has 0 spiro atoms. The third kappa shape index (κ3) is 4.43. The summed E-state index contributed by atoms with van der Waals surface area (Å²) in [7, 11) is 8.29. The first-order valence-electron chi connectivity index (χ1n) is 10.5. The van der Waals surface area contributed by atoms with Crippen molar-refractivity contribution in [2.24, 2.45) is 0 Å². The lowest BCUT2D eigenvalue weighted by Gasteiger charge is -2.30. The van der Waals surface area contributed by atoms with Gasteiger partial charge in [0.25, 0.3) is 0 Å². The molecule has 6 nitrogen and oxygen atoms in total. The second kappa shape index (κ2) is 9.08. The largest absolute Gasteiger partial charge is 0.378 e. The van der Waals surface area contributed by atoms with E-state index >= 15 is 0 Å². The minimum Gasteiger partial charge on any atom is -0.378 e. The first-order valence-corrected chi connectivity index (χ1v) is 10.9. The van der Waals surface area contributed by atoms with Crippen LogP contribution >= 0.6 is 12.2 Å². The molecule has 1 N–H and O–H groups in total. The Morgan fingerprint density at radius 1 is 1.00 bits per heavy atom. The highest BCUT2D eigenvalue weighted by Crippen LogP contribution is 2.39. The lowest BCUT2D eigenvalue weighted by atomic mass is 10.0. The van der Waals surface area contributed by atoms with Gasteiger partial charge in [0.15, 0.2) is 5.11 Å². The fraction of sp³-hybridized carbons (Fsp3) is 0.333. The summed E-state index contributed by atoms with van der Waals surface area (Å²) in [5.74, 6) is 0. The number of thiocarbonyl (C=S) groups is 1. The molecule has 3 heterocycles. The predicted octanol–water partition coefficient (Wildman–Crippen LogP) is 3.47. The Morgan fingerprint density at radius 3 is 2.42 bits per heavy atom. The second-order valence-corrected chi connectivity index (χ2v) is 8.72. The van der Waals surface area contributed by atoms with Gasteiger partial charge in [0, 0.05) is 56.6 Å². The van der Waals surface area contributed by atoms with Gasteiger partial charge in [0.2, 0.25) is 0 Å². The Bertz CT molecular complexity index is 1010. The highest BCUT2D eigenvalue weighted by atomic mass is 32.1. The number of nitrogens with zero attached hydrogens (tertiary/aromatic N) is 5. The van der Waals surface area contributed by atoms with Gasteiger partial charge in [-0.15, -0.1) is 0 Å². The average molecular weight is 435 g/mol. The van der Waals surface area contributed by atoms with Crippen molar-refractivity contribution < 1.29 is 0 Å². The number of likely N-dealkylation sites (N-methyl/N-ethyl adjacent to an activating group) is 1. The zero-order chi connectivity index (χ0) is 22.0. The molecule has 1 aliphatic rings. The normalized spacial score (nSPS) is 18.5. The van der Waals surface area contributed by atoms with Crippen LogP contribution < -0.4 is 10.2 Å². The van der Waals surface area contributed by atoms with Crippen LogP contribution in [0.1, 0.15) is 23.5 Å². The van der Waals surface area contributed by atoms with Gasteiger partial charge in [-0.05, 0) is 74.8 Å². The van der Waals surface area contributed by atoms with Gasteiger partial charge in [-0.1, -0.05) is 6.07 Å².